The fraction of sp³-hybridized carbons (Fsp3) is 0.636. The van der Waals surface area contributed by atoms with Crippen molar-refractivity contribution in [2.75, 3.05) is 31.6 Å². The lowest BCUT2D eigenvalue weighted by molar-refractivity contribution is 0.0394. The Morgan fingerprint density at radius 1 is 1.33 bits per heavy atom. The largest absolute Gasteiger partial charge is 0.380 e. The van der Waals surface area contributed by atoms with Crippen LogP contribution in [0.5, 0.6) is 0 Å². The summed E-state index contributed by atoms with van der Waals surface area (Å²) in [6, 6.07) is 1.65. The van der Waals surface area contributed by atoms with E-state index in [2.05, 4.69) is 20.8 Å². The monoisotopic (exact) mass is 290 g/mol. The summed E-state index contributed by atoms with van der Waals surface area (Å²) in [6.07, 6.45) is 2.51. The van der Waals surface area contributed by atoms with Gasteiger partial charge >= 0.3 is 0 Å². The first-order valence-corrected chi connectivity index (χ1v) is 6.76. The number of rotatable bonds is 5. The molecule has 2 rings (SSSR count). The summed E-state index contributed by atoms with van der Waals surface area (Å²) < 4.78 is 5.76. The second kappa shape index (κ2) is 7.09. The second-order valence-corrected chi connectivity index (χ2v) is 4.86. The van der Waals surface area contributed by atoms with E-state index in [1.807, 2.05) is 0 Å². The molecule has 18 heavy (non-hydrogen) atoms. The van der Waals surface area contributed by atoms with Crippen LogP contribution < -0.4 is 10.6 Å². The molecule has 0 amide bonds. The van der Waals surface area contributed by atoms with E-state index in [1.165, 1.54) is 0 Å². The number of halogens is 2. The second-order valence-electron chi connectivity index (χ2n) is 4.12. The maximum absolute atomic E-state index is 5.88. The maximum Gasteiger partial charge on any atom is 0.174 e. The van der Waals surface area contributed by atoms with E-state index >= 15 is 0 Å². The van der Waals surface area contributed by atoms with Gasteiger partial charge in [0, 0.05) is 12.6 Å². The lowest BCUT2D eigenvalue weighted by Crippen LogP contribution is -2.33. The van der Waals surface area contributed by atoms with Gasteiger partial charge < -0.3 is 15.4 Å². The molecular formula is C11H16Cl2N4O. The average molecular weight is 291 g/mol. The van der Waals surface area contributed by atoms with E-state index in [0.717, 1.165) is 25.9 Å². The lowest BCUT2D eigenvalue weighted by atomic mass is 10.1. The SMILES string of the molecule is Clc1cc(NCCOC2CCNCC2)c(Cl)nn1. The summed E-state index contributed by atoms with van der Waals surface area (Å²) in [5.74, 6) is 0. The third-order valence-electron chi connectivity index (χ3n) is 2.78. The van der Waals surface area contributed by atoms with Gasteiger partial charge in [-0.25, -0.2) is 0 Å². The topological polar surface area (TPSA) is 59.1 Å². The highest BCUT2D eigenvalue weighted by molar-refractivity contribution is 6.33. The van der Waals surface area contributed by atoms with Crippen LogP contribution in [-0.4, -0.2) is 42.5 Å². The Balaban J connectivity index is 1.69. The highest BCUT2D eigenvalue weighted by atomic mass is 35.5. The van der Waals surface area contributed by atoms with Gasteiger partial charge in [0.05, 0.1) is 18.4 Å². The molecule has 0 unspecified atom stereocenters. The zero-order valence-electron chi connectivity index (χ0n) is 9.96. The van der Waals surface area contributed by atoms with E-state index in [9.17, 15) is 0 Å². The zero-order valence-corrected chi connectivity index (χ0v) is 11.5. The highest BCUT2D eigenvalue weighted by Gasteiger charge is 2.12. The van der Waals surface area contributed by atoms with Gasteiger partial charge in [-0.3, -0.25) is 0 Å². The molecule has 0 bridgehead atoms. The van der Waals surface area contributed by atoms with Crippen LogP contribution in [0.1, 0.15) is 12.8 Å². The van der Waals surface area contributed by atoms with Gasteiger partial charge in [-0.05, 0) is 25.9 Å². The van der Waals surface area contributed by atoms with Crippen LogP contribution in [0.15, 0.2) is 6.07 Å². The minimum atomic E-state index is 0.321. The van der Waals surface area contributed by atoms with Gasteiger partial charge in [-0.1, -0.05) is 23.2 Å². The molecule has 2 N–H and O–H groups in total. The van der Waals surface area contributed by atoms with Crippen LogP contribution >= 0.6 is 23.2 Å². The van der Waals surface area contributed by atoms with Crippen molar-refractivity contribution in [2.45, 2.75) is 18.9 Å². The first-order valence-electron chi connectivity index (χ1n) is 6.00. The Hall–Kier alpha value is -0.620. The number of anilines is 1. The van der Waals surface area contributed by atoms with E-state index < -0.39 is 0 Å². The molecule has 0 radical (unpaired) electrons. The van der Waals surface area contributed by atoms with Crippen molar-refractivity contribution < 1.29 is 4.74 Å². The fourth-order valence-corrected chi connectivity index (χ4v) is 2.16. The maximum atomic E-state index is 5.88. The molecule has 0 atom stereocenters. The number of ether oxygens (including phenoxy) is 1. The molecular weight excluding hydrogens is 275 g/mol. The summed E-state index contributed by atoms with van der Waals surface area (Å²) >= 11 is 11.6. The molecule has 0 spiro atoms. The Morgan fingerprint density at radius 3 is 2.89 bits per heavy atom. The van der Waals surface area contributed by atoms with Gasteiger partial charge in [0.25, 0.3) is 0 Å². The number of aromatic nitrogens is 2. The fourth-order valence-electron chi connectivity index (χ4n) is 1.85. The molecule has 0 aliphatic carbocycles. The van der Waals surface area contributed by atoms with Crippen LogP contribution in [0, 0.1) is 0 Å². The average Bonchev–Trinajstić information content (AvgIpc) is 2.40. The van der Waals surface area contributed by atoms with Crippen molar-refractivity contribution in [3.63, 3.8) is 0 Å². The lowest BCUT2D eigenvalue weighted by Gasteiger charge is -2.23. The van der Waals surface area contributed by atoms with Crippen LogP contribution in [0.3, 0.4) is 0 Å². The van der Waals surface area contributed by atoms with Crippen molar-refractivity contribution in [1.82, 2.24) is 15.5 Å². The predicted octanol–water partition coefficient (Wildman–Crippen LogP) is 1.96. The summed E-state index contributed by atoms with van der Waals surface area (Å²) in [6.45, 7) is 3.38. The van der Waals surface area contributed by atoms with E-state index in [4.69, 9.17) is 27.9 Å². The molecule has 1 aromatic heterocycles. The van der Waals surface area contributed by atoms with Crippen molar-refractivity contribution in [3.8, 4) is 0 Å². The molecule has 1 saturated heterocycles. The summed E-state index contributed by atoms with van der Waals surface area (Å²) in [5.41, 5.74) is 0.686. The van der Waals surface area contributed by atoms with Crippen molar-refractivity contribution in [3.05, 3.63) is 16.4 Å². The molecule has 7 heteroatoms. The molecule has 5 nitrogen and oxygen atoms in total. The van der Waals surface area contributed by atoms with Crippen molar-refractivity contribution in [1.29, 1.82) is 0 Å². The van der Waals surface area contributed by atoms with Crippen LogP contribution in [0.25, 0.3) is 0 Å². The molecule has 1 aromatic rings. The van der Waals surface area contributed by atoms with Crippen molar-refractivity contribution in [2.24, 2.45) is 0 Å². The van der Waals surface area contributed by atoms with Gasteiger partial charge in [0.1, 0.15) is 0 Å². The first kappa shape index (κ1) is 13.8. The van der Waals surface area contributed by atoms with Gasteiger partial charge in [0.15, 0.2) is 10.3 Å². The van der Waals surface area contributed by atoms with E-state index in [0.29, 0.717) is 35.2 Å². The first-order chi connectivity index (χ1) is 8.75. The van der Waals surface area contributed by atoms with Gasteiger partial charge in [0.2, 0.25) is 0 Å². The molecule has 1 aliphatic rings. The number of piperidine rings is 1. The third kappa shape index (κ3) is 4.24. The molecule has 2 heterocycles. The Labute approximate surface area is 116 Å². The van der Waals surface area contributed by atoms with E-state index in [1.54, 1.807) is 6.07 Å². The normalized spacial score (nSPS) is 16.8. The minimum absolute atomic E-state index is 0.321. The highest BCUT2D eigenvalue weighted by Crippen LogP contribution is 2.20. The van der Waals surface area contributed by atoms with E-state index in [-0.39, 0.29) is 0 Å². The summed E-state index contributed by atoms with van der Waals surface area (Å²) in [4.78, 5) is 0. The Morgan fingerprint density at radius 2 is 2.11 bits per heavy atom. The summed E-state index contributed by atoms with van der Waals surface area (Å²) in [5, 5.41) is 14.4. The molecule has 1 fully saturated rings. The van der Waals surface area contributed by atoms with Crippen LogP contribution in [-0.2, 0) is 4.74 Å². The summed E-state index contributed by atoms with van der Waals surface area (Å²) in [7, 11) is 0. The molecule has 100 valence electrons. The smallest absolute Gasteiger partial charge is 0.174 e. The van der Waals surface area contributed by atoms with Gasteiger partial charge in [-0.2, -0.15) is 0 Å². The number of nitrogens with zero attached hydrogens (tertiary/aromatic N) is 2. The van der Waals surface area contributed by atoms with Crippen LogP contribution in [0.4, 0.5) is 5.69 Å². The molecule has 0 aromatic carbocycles. The van der Waals surface area contributed by atoms with Crippen LogP contribution in [0.2, 0.25) is 10.3 Å². The third-order valence-corrected chi connectivity index (χ3v) is 3.24. The molecule has 0 saturated carbocycles. The quantitative estimate of drug-likeness (QED) is 0.812. The minimum Gasteiger partial charge on any atom is -0.380 e. The molecule has 1 aliphatic heterocycles. The number of hydrogen-bond acceptors (Lipinski definition) is 5. The Bertz CT molecular complexity index is 385. The Kier molecular flexibility index (Phi) is 5.44. The standard InChI is InChI=1S/C11H16Cl2N4O/c12-10-7-9(11(13)17-16-10)15-5-6-18-8-1-3-14-4-2-8/h7-8,14H,1-6H2,(H,15,16). The zero-order chi connectivity index (χ0) is 12.8. The van der Waals surface area contributed by atoms with Gasteiger partial charge in [-0.15, -0.1) is 10.2 Å². The number of nitrogens with one attached hydrogen (secondary N) is 2. The van der Waals surface area contributed by atoms with Crippen molar-refractivity contribution >= 4 is 28.9 Å². The number of hydrogen-bond donors (Lipinski definition) is 2. The predicted molar refractivity (Wildman–Crippen MR) is 72.4 cm³/mol.